The predicted molar refractivity (Wildman–Crippen MR) is 73.2 cm³/mol. The van der Waals surface area contributed by atoms with Gasteiger partial charge in [0, 0.05) is 16.1 Å². The molecule has 0 radical (unpaired) electrons. The zero-order chi connectivity index (χ0) is 12.3. The van der Waals surface area contributed by atoms with Crippen LogP contribution in [0.2, 0.25) is 0 Å². The highest BCUT2D eigenvalue weighted by Gasteiger charge is 2.24. The number of piperidine rings is 1. The van der Waals surface area contributed by atoms with Crippen LogP contribution in [-0.4, -0.2) is 20.2 Å². The van der Waals surface area contributed by atoms with Crippen molar-refractivity contribution in [2.75, 3.05) is 20.2 Å². The summed E-state index contributed by atoms with van der Waals surface area (Å²) < 4.78 is 6.45. The number of hydrogen-bond acceptors (Lipinski definition) is 3. The van der Waals surface area contributed by atoms with Crippen molar-refractivity contribution in [2.45, 2.75) is 18.9 Å². The van der Waals surface area contributed by atoms with Crippen LogP contribution in [-0.2, 0) is 0 Å². The van der Waals surface area contributed by atoms with Crippen LogP contribution in [0.25, 0.3) is 0 Å². The Labute approximate surface area is 111 Å². The van der Waals surface area contributed by atoms with E-state index >= 15 is 0 Å². The standard InChI is InChI=1S/C13H19BrN2O/c1-17-12-3-2-10(14)8-11(12)13(15)9-4-6-16-7-5-9/h2-3,8-9,13,16H,4-7,15H2,1H3/t13-/m1/s1. The molecule has 1 aliphatic heterocycles. The summed E-state index contributed by atoms with van der Waals surface area (Å²) in [6, 6.07) is 6.09. The minimum Gasteiger partial charge on any atom is -0.496 e. The molecule has 3 N–H and O–H groups in total. The van der Waals surface area contributed by atoms with E-state index in [4.69, 9.17) is 10.5 Å². The molecular weight excluding hydrogens is 280 g/mol. The number of benzene rings is 1. The Balaban J connectivity index is 2.21. The molecule has 1 aromatic rings. The molecule has 0 bridgehead atoms. The second-order valence-electron chi connectivity index (χ2n) is 4.50. The lowest BCUT2D eigenvalue weighted by Gasteiger charge is -2.29. The fourth-order valence-electron chi connectivity index (χ4n) is 2.42. The molecule has 94 valence electrons. The van der Waals surface area contributed by atoms with Gasteiger partial charge in [-0.15, -0.1) is 0 Å². The van der Waals surface area contributed by atoms with E-state index in [-0.39, 0.29) is 6.04 Å². The van der Waals surface area contributed by atoms with Crippen molar-refractivity contribution in [1.82, 2.24) is 5.32 Å². The summed E-state index contributed by atoms with van der Waals surface area (Å²) in [4.78, 5) is 0. The van der Waals surface area contributed by atoms with Crippen LogP contribution in [0.15, 0.2) is 22.7 Å². The van der Waals surface area contributed by atoms with Crippen molar-refractivity contribution in [1.29, 1.82) is 0 Å². The van der Waals surface area contributed by atoms with Gasteiger partial charge in [-0.3, -0.25) is 0 Å². The van der Waals surface area contributed by atoms with Gasteiger partial charge in [0.05, 0.1) is 7.11 Å². The molecule has 1 atom stereocenters. The molecule has 1 heterocycles. The van der Waals surface area contributed by atoms with Gasteiger partial charge in [-0.05, 0) is 50.0 Å². The lowest BCUT2D eigenvalue weighted by atomic mass is 9.86. The monoisotopic (exact) mass is 298 g/mol. The molecule has 1 fully saturated rings. The van der Waals surface area contributed by atoms with Crippen LogP contribution in [0.3, 0.4) is 0 Å². The van der Waals surface area contributed by atoms with Crippen molar-refractivity contribution < 1.29 is 4.74 Å². The van der Waals surface area contributed by atoms with E-state index in [0.29, 0.717) is 5.92 Å². The second-order valence-corrected chi connectivity index (χ2v) is 5.42. The number of rotatable bonds is 3. The van der Waals surface area contributed by atoms with Gasteiger partial charge in [0.1, 0.15) is 5.75 Å². The van der Waals surface area contributed by atoms with Gasteiger partial charge >= 0.3 is 0 Å². The maximum absolute atomic E-state index is 6.39. The number of methoxy groups -OCH3 is 1. The fraction of sp³-hybridized carbons (Fsp3) is 0.538. The van der Waals surface area contributed by atoms with Crippen LogP contribution in [0, 0.1) is 5.92 Å². The first-order valence-corrected chi connectivity index (χ1v) is 6.81. The van der Waals surface area contributed by atoms with Crippen molar-refractivity contribution in [3.8, 4) is 5.75 Å². The number of halogens is 1. The molecule has 4 heteroatoms. The SMILES string of the molecule is COc1ccc(Br)cc1[C@H](N)C1CCNCC1. The number of hydrogen-bond donors (Lipinski definition) is 2. The Kier molecular flexibility index (Phi) is 4.42. The molecule has 0 saturated carbocycles. The molecule has 1 saturated heterocycles. The molecule has 0 aromatic heterocycles. The lowest BCUT2D eigenvalue weighted by Crippen LogP contribution is -2.33. The zero-order valence-corrected chi connectivity index (χ0v) is 11.7. The highest BCUT2D eigenvalue weighted by atomic mass is 79.9. The van der Waals surface area contributed by atoms with Gasteiger partial charge in [0.15, 0.2) is 0 Å². The normalized spacial score (nSPS) is 19.0. The number of nitrogens with one attached hydrogen (secondary N) is 1. The van der Waals surface area contributed by atoms with E-state index in [1.54, 1.807) is 7.11 Å². The van der Waals surface area contributed by atoms with Crippen molar-refractivity contribution in [2.24, 2.45) is 11.7 Å². The highest BCUT2D eigenvalue weighted by molar-refractivity contribution is 9.10. The average molecular weight is 299 g/mol. The van der Waals surface area contributed by atoms with Crippen molar-refractivity contribution >= 4 is 15.9 Å². The Hall–Kier alpha value is -0.580. The summed E-state index contributed by atoms with van der Waals surface area (Å²) in [5.74, 6) is 1.43. The third kappa shape index (κ3) is 3.00. The van der Waals surface area contributed by atoms with E-state index in [1.807, 2.05) is 12.1 Å². The first-order valence-electron chi connectivity index (χ1n) is 6.02. The van der Waals surface area contributed by atoms with Crippen LogP contribution >= 0.6 is 15.9 Å². The predicted octanol–water partition coefficient (Wildman–Crippen LogP) is 2.46. The maximum atomic E-state index is 6.39. The van der Waals surface area contributed by atoms with Gasteiger partial charge in [0.25, 0.3) is 0 Å². The number of ether oxygens (including phenoxy) is 1. The van der Waals surface area contributed by atoms with Crippen molar-refractivity contribution in [3.05, 3.63) is 28.2 Å². The Morgan fingerprint density at radius 3 is 2.76 bits per heavy atom. The van der Waals surface area contributed by atoms with Crippen LogP contribution in [0.1, 0.15) is 24.4 Å². The van der Waals surface area contributed by atoms with Gasteiger partial charge in [-0.1, -0.05) is 15.9 Å². The number of nitrogens with two attached hydrogens (primary N) is 1. The van der Waals surface area contributed by atoms with Gasteiger partial charge in [-0.2, -0.15) is 0 Å². The van der Waals surface area contributed by atoms with E-state index in [1.165, 1.54) is 0 Å². The molecule has 2 rings (SSSR count). The van der Waals surface area contributed by atoms with Crippen LogP contribution < -0.4 is 15.8 Å². The molecular formula is C13H19BrN2O. The molecule has 0 aliphatic carbocycles. The molecule has 17 heavy (non-hydrogen) atoms. The van der Waals surface area contributed by atoms with E-state index in [9.17, 15) is 0 Å². The summed E-state index contributed by atoms with van der Waals surface area (Å²) in [5, 5.41) is 3.36. The Morgan fingerprint density at radius 2 is 2.12 bits per heavy atom. The average Bonchev–Trinajstić information content (AvgIpc) is 2.39. The quantitative estimate of drug-likeness (QED) is 0.901. The van der Waals surface area contributed by atoms with Gasteiger partial charge in [0.2, 0.25) is 0 Å². The van der Waals surface area contributed by atoms with Gasteiger partial charge < -0.3 is 15.8 Å². The van der Waals surface area contributed by atoms with Gasteiger partial charge in [-0.25, -0.2) is 0 Å². The third-order valence-electron chi connectivity index (χ3n) is 3.44. The summed E-state index contributed by atoms with van der Waals surface area (Å²) >= 11 is 3.49. The lowest BCUT2D eigenvalue weighted by molar-refractivity contribution is 0.313. The largest absolute Gasteiger partial charge is 0.496 e. The summed E-state index contributed by atoms with van der Waals surface area (Å²) in [6.07, 6.45) is 2.27. The molecule has 3 nitrogen and oxygen atoms in total. The highest BCUT2D eigenvalue weighted by Crippen LogP contribution is 2.34. The molecule has 0 unspecified atom stereocenters. The molecule has 1 aliphatic rings. The van der Waals surface area contributed by atoms with Crippen molar-refractivity contribution in [3.63, 3.8) is 0 Å². The first-order chi connectivity index (χ1) is 8.22. The van der Waals surface area contributed by atoms with E-state index < -0.39 is 0 Å². The first kappa shape index (κ1) is 12.9. The Morgan fingerprint density at radius 1 is 1.41 bits per heavy atom. The smallest absolute Gasteiger partial charge is 0.123 e. The molecule has 0 amide bonds. The minimum absolute atomic E-state index is 0.0598. The Bertz CT molecular complexity index is 378. The van der Waals surface area contributed by atoms with Crippen LogP contribution in [0.5, 0.6) is 5.75 Å². The maximum Gasteiger partial charge on any atom is 0.123 e. The fourth-order valence-corrected chi connectivity index (χ4v) is 2.80. The zero-order valence-electron chi connectivity index (χ0n) is 10.1. The molecule has 1 aromatic carbocycles. The second kappa shape index (κ2) is 5.85. The summed E-state index contributed by atoms with van der Waals surface area (Å²) in [7, 11) is 1.70. The summed E-state index contributed by atoms with van der Waals surface area (Å²) in [5.41, 5.74) is 7.49. The minimum atomic E-state index is 0.0598. The van der Waals surface area contributed by atoms with E-state index in [0.717, 1.165) is 41.7 Å². The van der Waals surface area contributed by atoms with Crippen LogP contribution in [0.4, 0.5) is 0 Å². The van der Waals surface area contributed by atoms with E-state index in [2.05, 4.69) is 27.3 Å². The summed E-state index contributed by atoms with van der Waals surface area (Å²) in [6.45, 7) is 2.13. The topological polar surface area (TPSA) is 47.3 Å². The third-order valence-corrected chi connectivity index (χ3v) is 3.94. The molecule has 0 spiro atoms.